The molecule has 2 rings (SSSR count). The van der Waals surface area contributed by atoms with E-state index in [0.29, 0.717) is 38.0 Å². The van der Waals surface area contributed by atoms with Gasteiger partial charge in [-0.3, -0.25) is 4.90 Å². The molecule has 1 atom stereocenters. The fourth-order valence-electron chi connectivity index (χ4n) is 1.75. The average Bonchev–Trinajstić information content (AvgIpc) is 2.78. The number of carbonyl (C=O) groups is 1. The van der Waals surface area contributed by atoms with E-state index in [0.717, 1.165) is 0 Å². The summed E-state index contributed by atoms with van der Waals surface area (Å²) in [6.45, 7) is 5.86. The molecule has 0 aliphatic carbocycles. The number of aliphatic carboxylic acids is 1. The number of morpholine rings is 1. The van der Waals surface area contributed by atoms with Crippen molar-refractivity contribution in [2.45, 2.75) is 32.4 Å². The Labute approximate surface area is 105 Å². The van der Waals surface area contributed by atoms with Gasteiger partial charge in [0, 0.05) is 19.0 Å². The number of hydrogen-bond donors (Lipinski definition) is 1. The first kappa shape index (κ1) is 13.0. The van der Waals surface area contributed by atoms with Crippen LogP contribution in [-0.2, 0) is 16.1 Å². The molecule has 1 aliphatic rings. The summed E-state index contributed by atoms with van der Waals surface area (Å²) in [5, 5.41) is 12.8. The van der Waals surface area contributed by atoms with Gasteiger partial charge in [0.25, 0.3) is 0 Å². The lowest BCUT2D eigenvalue weighted by Gasteiger charge is -2.29. The molecule has 7 nitrogen and oxygen atoms in total. The van der Waals surface area contributed by atoms with Crippen LogP contribution in [0, 0.1) is 0 Å². The third-order valence-electron chi connectivity index (χ3n) is 2.79. The molecule has 1 saturated heterocycles. The molecule has 1 aliphatic heterocycles. The van der Waals surface area contributed by atoms with E-state index in [1.165, 1.54) is 0 Å². The molecule has 1 N–H and O–H groups in total. The van der Waals surface area contributed by atoms with Crippen molar-refractivity contribution in [1.29, 1.82) is 0 Å². The highest BCUT2D eigenvalue weighted by molar-refractivity contribution is 5.72. The van der Waals surface area contributed by atoms with Gasteiger partial charge in [0.05, 0.1) is 13.2 Å². The minimum Gasteiger partial charge on any atom is -0.479 e. The van der Waals surface area contributed by atoms with Crippen molar-refractivity contribution in [3.05, 3.63) is 11.7 Å². The van der Waals surface area contributed by atoms with E-state index in [4.69, 9.17) is 14.4 Å². The lowest BCUT2D eigenvalue weighted by molar-refractivity contribution is -0.156. The summed E-state index contributed by atoms with van der Waals surface area (Å²) in [4.78, 5) is 17.1. The van der Waals surface area contributed by atoms with Crippen LogP contribution in [0.3, 0.4) is 0 Å². The number of aromatic nitrogens is 2. The molecule has 1 fully saturated rings. The van der Waals surface area contributed by atoms with Gasteiger partial charge in [-0.1, -0.05) is 19.0 Å². The monoisotopic (exact) mass is 255 g/mol. The summed E-state index contributed by atoms with van der Waals surface area (Å²) in [5.41, 5.74) is 0. The second-order valence-electron chi connectivity index (χ2n) is 4.63. The Morgan fingerprint density at radius 2 is 2.39 bits per heavy atom. The molecular formula is C11H17N3O4. The van der Waals surface area contributed by atoms with Crippen LogP contribution < -0.4 is 0 Å². The van der Waals surface area contributed by atoms with E-state index in [-0.39, 0.29) is 5.92 Å². The first-order chi connectivity index (χ1) is 8.56. The number of carboxylic acids is 1. The van der Waals surface area contributed by atoms with Crippen LogP contribution in [0.5, 0.6) is 0 Å². The molecule has 1 aromatic rings. The van der Waals surface area contributed by atoms with Gasteiger partial charge in [-0.15, -0.1) is 0 Å². The number of hydrogen-bond acceptors (Lipinski definition) is 6. The van der Waals surface area contributed by atoms with E-state index in [1.807, 2.05) is 18.7 Å². The molecule has 2 heterocycles. The maximum atomic E-state index is 10.8. The van der Waals surface area contributed by atoms with Crippen molar-refractivity contribution in [3.63, 3.8) is 0 Å². The summed E-state index contributed by atoms with van der Waals surface area (Å²) in [7, 11) is 0. The van der Waals surface area contributed by atoms with E-state index < -0.39 is 12.1 Å². The van der Waals surface area contributed by atoms with Crippen molar-refractivity contribution in [1.82, 2.24) is 15.0 Å². The number of ether oxygens (including phenoxy) is 1. The number of rotatable bonds is 4. The smallest absolute Gasteiger partial charge is 0.334 e. The van der Waals surface area contributed by atoms with Gasteiger partial charge in [-0.25, -0.2) is 4.79 Å². The van der Waals surface area contributed by atoms with Crippen LogP contribution in [0.4, 0.5) is 0 Å². The first-order valence-electron chi connectivity index (χ1n) is 5.95. The summed E-state index contributed by atoms with van der Waals surface area (Å²) in [6.07, 6.45) is -0.772. The zero-order valence-corrected chi connectivity index (χ0v) is 10.5. The largest absolute Gasteiger partial charge is 0.479 e. The van der Waals surface area contributed by atoms with Gasteiger partial charge in [-0.2, -0.15) is 4.98 Å². The van der Waals surface area contributed by atoms with Gasteiger partial charge in [0.1, 0.15) is 0 Å². The minimum atomic E-state index is -0.937. The highest BCUT2D eigenvalue weighted by Gasteiger charge is 2.27. The van der Waals surface area contributed by atoms with Crippen LogP contribution in [0.25, 0.3) is 0 Å². The molecule has 0 radical (unpaired) electrons. The fourth-order valence-corrected chi connectivity index (χ4v) is 1.75. The zero-order chi connectivity index (χ0) is 13.1. The van der Waals surface area contributed by atoms with Crippen LogP contribution in [0.2, 0.25) is 0 Å². The fraction of sp³-hybridized carbons (Fsp3) is 0.727. The third kappa shape index (κ3) is 3.05. The minimum absolute atomic E-state index is 0.221. The molecule has 18 heavy (non-hydrogen) atoms. The van der Waals surface area contributed by atoms with Crippen LogP contribution in [0.1, 0.15) is 31.5 Å². The van der Waals surface area contributed by atoms with Gasteiger partial charge in [-0.05, 0) is 0 Å². The summed E-state index contributed by atoms with van der Waals surface area (Å²) in [6, 6.07) is 0. The summed E-state index contributed by atoms with van der Waals surface area (Å²) >= 11 is 0. The van der Waals surface area contributed by atoms with Gasteiger partial charge < -0.3 is 14.4 Å². The molecule has 100 valence electrons. The summed E-state index contributed by atoms with van der Waals surface area (Å²) < 4.78 is 10.3. The molecule has 0 spiro atoms. The second kappa shape index (κ2) is 5.45. The van der Waals surface area contributed by atoms with Crippen LogP contribution >= 0.6 is 0 Å². The molecule has 0 saturated carbocycles. The molecular weight excluding hydrogens is 238 g/mol. The Morgan fingerprint density at radius 3 is 3.00 bits per heavy atom. The highest BCUT2D eigenvalue weighted by Crippen LogP contribution is 2.13. The van der Waals surface area contributed by atoms with Gasteiger partial charge in [0.15, 0.2) is 11.9 Å². The lowest BCUT2D eigenvalue weighted by Crippen LogP contribution is -2.45. The lowest BCUT2D eigenvalue weighted by atomic mass is 10.2. The third-order valence-corrected chi connectivity index (χ3v) is 2.79. The first-order valence-corrected chi connectivity index (χ1v) is 5.95. The van der Waals surface area contributed by atoms with E-state index in [2.05, 4.69) is 10.1 Å². The van der Waals surface area contributed by atoms with Crippen molar-refractivity contribution >= 4 is 5.97 Å². The Hall–Kier alpha value is -1.47. The Morgan fingerprint density at radius 1 is 1.61 bits per heavy atom. The van der Waals surface area contributed by atoms with Gasteiger partial charge >= 0.3 is 5.97 Å². The Bertz CT molecular complexity index is 418. The van der Waals surface area contributed by atoms with E-state index in [1.54, 1.807) is 0 Å². The van der Waals surface area contributed by atoms with Gasteiger partial charge in [0.2, 0.25) is 5.89 Å². The predicted octanol–water partition coefficient (Wildman–Crippen LogP) is 0.478. The predicted molar refractivity (Wildman–Crippen MR) is 61.0 cm³/mol. The SMILES string of the molecule is CC(C)c1noc(CN2CCOC(C(=O)O)C2)n1. The maximum absolute atomic E-state index is 10.8. The molecule has 0 amide bonds. The van der Waals surface area contributed by atoms with E-state index >= 15 is 0 Å². The number of nitrogens with zero attached hydrogens (tertiary/aromatic N) is 3. The molecule has 7 heteroatoms. The Kier molecular flexibility index (Phi) is 3.93. The van der Waals surface area contributed by atoms with Crippen molar-refractivity contribution in [3.8, 4) is 0 Å². The van der Waals surface area contributed by atoms with Crippen LogP contribution in [0.15, 0.2) is 4.52 Å². The standard InChI is InChI=1S/C11H17N3O4/c1-7(2)10-12-9(18-13-10)6-14-3-4-17-8(5-14)11(15)16/h7-8H,3-6H2,1-2H3,(H,15,16). The molecule has 0 aromatic carbocycles. The normalized spacial score (nSPS) is 21.4. The van der Waals surface area contributed by atoms with Crippen molar-refractivity contribution in [2.75, 3.05) is 19.7 Å². The Balaban J connectivity index is 1.94. The number of carboxylic acid groups (broad SMARTS) is 1. The maximum Gasteiger partial charge on any atom is 0.334 e. The van der Waals surface area contributed by atoms with Crippen molar-refractivity contribution < 1.29 is 19.2 Å². The molecule has 0 bridgehead atoms. The van der Waals surface area contributed by atoms with Crippen LogP contribution in [-0.4, -0.2) is 51.9 Å². The highest BCUT2D eigenvalue weighted by atomic mass is 16.5. The average molecular weight is 255 g/mol. The second-order valence-corrected chi connectivity index (χ2v) is 4.63. The summed E-state index contributed by atoms with van der Waals surface area (Å²) in [5.74, 6) is 0.477. The molecule has 1 unspecified atom stereocenters. The molecule has 1 aromatic heterocycles. The van der Waals surface area contributed by atoms with E-state index in [9.17, 15) is 4.79 Å². The zero-order valence-electron chi connectivity index (χ0n) is 10.5. The topological polar surface area (TPSA) is 88.7 Å². The van der Waals surface area contributed by atoms with Crippen molar-refractivity contribution in [2.24, 2.45) is 0 Å². The quantitative estimate of drug-likeness (QED) is 0.836.